The minimum atomic E-state index is -0.380. The van der Waals surface area contributed by atoms with Crippen LogP contribution in [0, 0.1) is 0 Å². The molecule has 2 aromatic rings. The second-order valence-electron chi connectivity index (χ2n) is 5.18. The van der Waals surface area contributed by atoms with E-state index in [1.807, 2.05) is 0 Å². The molecule has 3 rings (SSSR count). The molecule has 5 heteroatoms. The molecule has 0 aromatic heterocycles. The number of phenolic OH excluding ortho intramolecular Hbond substituents is 1. The number of ketones is 2. The fraction of sp³-hybridized carbons (Fsp3) is 0.125. The molecule has 106 valence electrons. The van der Waals surface area contributed by atoms with Crippen LogP contribution >= 0.6 is 0 Å². The van der Waals surface area contributed by atoms with Gasteiger partial charge in [-0.1, -0.05) is 24.3 Å². The fourth-order valence-electron chi connectivity index (χ4n) is 2.65. The van der Waals surface area contributed by atoms with Gasteiger partial charge in [-0.05, 0) is 0 Å². The minimum absolute atomic E-state index is 0.0122. The molecule has 0 atom stereocenters. The van der Waals surface area contributed by atoms with Crippen LogP contribution in [-0.2, 0) is 0 Å². The monoisotopic (exact) mass is 282 g/mol. The highest BCUT2D eigenvalue weighted by Crippen LogP contribution is 2.40. The predicted molar refractivity (Wildman–Crippen MR) is 80.2 cm³/mol. The number of hydrogen-bond donors (Lipinski definition) is 2. The van der Waals surface area contributed by atoms with Crippen LogP contribution in [0.4, 0.5) is 11.4 Å². The van der Waals surface area contributed by atoms with Crippen molar-refractivity contribution in [3.05, 3.63) is 52.6 Å². The van der Waals surface area contributed by atoms with E-state index < -0.39 is 0 Å². The highest BCUT2D eigenvalue weighted by Gasteiger charge is 2.34. The highest BCUT2D eigenvalue weighted by molar-refractivity contribution is 6.31. The maximum atomic E-state index is 12.6. The van der Waals surface area contributed by atoms with Gasteiger partial charge in [-0.15, -0.1) is 0 Å². The number of nitrogens with zero attached hydrogens (tertiary/aromatic N) is 1. The Hall–Kier alpha value is -2.82. The summed E-state index contributed by atoms with van der Waals surface area (Å²) in [5.41, 5.74) is 7.46. The van der Waals surface area contributed by atoms with Crippen molar-refractivity contribution in [1.29, 1.82) is 0 Å². The van der Waals surface area contributed by atoms with E-state index in [-0.39, 0.29) is 34.1 Å². The highest BCUT2D eigenvalue weighted by atomic mass is 16.3. The molecule has 5 nitrogen and oxygen atoms in total. The van der Waals surface area contributed by atoms with Gasteiger partial charge in [0.25, 0.3) is 0 Å². The lowest BCUT2D eigenvalue weighted by Crippen LogP contribution is -2.24. The van der Waals surface area contributed by atoms with E-state index in [9.17, 15) is 14.7 Å². The van der Waals surface area contributed by atoms with Gasteiger partial charge in [0.1, 0.15) is 5.75 Å². The van der Waals surface area contributed by atoms with Crippen LogP contribution in [0.25, 0.3) is 0 Å². The Morgan fingerprint density at radius 2 is 1.52 bits per heavy atom. The van der Waals surface area contributed by atoms with Crippen molar-refractivity contribution in [3.8, 4) is 5.75 Å². The summed E-state index contributed by atoms with van der Waals surface area (Å²) in [5.74, 6) is -0.942. The van der Waals surface area contributed by atoms with Crippen molar-refractivity contribution >= 4 is 22.9 Å². The molecule has 0 fully saturated rings. The number of carbonyl (C=O) groups is 2. The first kappa shape index (κ1) is 13.2. The first-order valence-electron chi connectivity index (χ1n) is 6.44. The van der Waals surface area contributed by atoms with E-state index in [4.69, 9.17) is 5.73 Å². The zero-order chi connectivity index (χ0) is 15.3. The largest absolute Gasteiger partial charge is 0.507 e. The molecular formula is C16H14N2O3. The smallest absolute Gasteiger partial charge is 0.198 e. The summed E-state index contributed by atoms with van der Waals surface area (Å²) in [6.07, 6.45) is 0. The Bertz CT molecular complexity index is 794. The van der Waals surface area contributed by atoms with Gasteiger partial charge in [0.2, 0.25) is 0 Å². The molecule has 0 saturated heterocycles. The van der Waals surface area contributed by atoms with Crippen molar-refractivity contribution in [2.24, 2.45) is 0 Å². The summed E-state index contributed by atoms with van der Waals surface area (Å²) in [5, 5.41) is 10.2. The van der Waals surface area contributed by atoms with E-state index in [0.717, 1.165) is 0 Å². The number of phenols is 1. The summed E-state index contributed by atoms with van der Waals surface area (Å²) in [6, 6.07) is 7.96. The van der Waals surface area contributed by atoms with Crippen LogP contribution in [0.15, 0.2) is 30.3 Å². The lowest BCUT2D eigenvalue weighted by Gasteiger charge is -2.24. The number of nitrogen functional groups attached to an aromatic ring is 1. The Balaban J connectivity index is 2.38. The Morgan fingerprint density at radius 1 is 1.00 bits per heavy atom. The Kier molecular flexibility index (Phi) is 2.73. The third-order valence-electron chi connectivity index (χ3n) is 3.68. The van der Waals surface area contributed by atoms with Gasteiger partial charge in [0, 0.05) is 31.3 Å². The summed E-state index contributed by atoms with van der Waals surface area (Å²) >= 11 is 0. The Morgan fingerprint density at radius 3 is 2.05 bits per heavy atom. The van der Waals surface area contributed by atoms with Crippen LogP contribution in [0.5, 0.6) is 5.75 Å². The molecule has 1 aliphatic rings. The van der Waals surface area contributed by atoms with Crippen LogP contribution in [0.3, 0.4) is 0 Å². The average Bonchev–Trinajstić information content (AvgIpc) is 2.46. The molecule has 0 unspecified atom stereocenters. The zero-order valence-corrected chi connectivity index (χ0v) is 11.7. The van der Waals surface area contributed by atoms with Crippen LogP contribution in [0.1, 0.15) is 31.8 Å². The SMILES string of the molecule is CN(C)c1cc(O)c2c(c1N)C(=O)c1ccccc1C2=O. The van der Waals surface area contributed by atoms with Gasteiger partial charge in [-0.25, -0.2) is 0 Å². The van der Waals surface area contributed by atoms with Gasteiger partial charge in [-0.3, -0.25) is 9.59 Å². The normalized spacial score (nSPS) is 12.9. The van der Waals surface area contributed by atoms with E-state index in [1.165, 1.54) is 6.07 Å². The van der Waals surface area contributed by atoms with Crippen molar-refractivity contribution in [2.45, 2.75) is 0 Å². The minimum Gasteiger partial charge on any atom is -0.507 e. The quantitative estimate of drug-likeness (QED) is 0.525. The maximum absolute atomic E-state index is 12.6. The Labute approximate surface area is 121 Å². The van der Waals surface area contributed by atoms with E-state index in [0.29, 0.717) is 16.8 Å². The molecule has 1 aliphatic carbocycles. The van der Waals surface area contributed by atoms with Crippen LogP contribution in [-0.4, -0.2) is 30.8 Å². The summed E-state index contributed by atoms with van der Waals surface area (Å²) in [4.78, 5) is 26.9. The first-order chi connectivity index (χ1) is 9.93. The third-order valence-corrected chi connectivity index (χ3v) is 3.68. The molecule has 0 radical (unpaired) electrons. The summed E-state index contributed by atoms with van der Waals surface area (Å²) in [7, 11) is 3.50. The first-order valence-corrected chi connectivity index (χ1v) is 6.44. The molecule has 0 saturated carbocycles. The molecule has 0 bridgehead atoms. The lowest BCUT2D eigenvalue weighted by atomic mass is 9.82. The number of hydrogen-bond acceptors (Lipinski definition) is 5. The van der Waals surface area contributed by atoms with Crippen molar-refractivity contribution < 1.29 is 14.7 Å². The molecular weight excluding hydrogens is 268 g/mol. The standard InChI is InChI=1S/C16H14N2O3/c1-18(2)10-7-11(19)12-13(14(10)17)16(21)9-6-4-3-5-8(9)15(12)20/h3-7,19H,17H2,1-2H3. The van der Waals surface area contributed by atoms with Gasteiger partial charge in [0.15, 0.2) is 11.6 Å². The topological polar surface area (TPSA) is 83.6 Å². The van der Waals surface area contributed by atoms with Crippen LogP contribution in [0.2, 0.25) is 0 Å². The van der Waals surface area contributed by atoms with Crippen molar-refractivity contribution in [1.82, 2.24) is 0 Å². The fourth-order valence-corrected chi connectivity index (χ4v) is 2.65. The van der Waals surface area contributed by atoms with Crippen molar-refractivity contribution in [2.75, 3.05) is 24.7 Å². The summed E-state index contributed by atoms with van der Waals surface area (Å²) < 4.78 is 0. The van der Waals surface area contributed by atoms with Gasteiger partial charge < -0.3 is 15.7 Å². The molecule has 3 N–H and O–H groups in total. The zero-order valence-electron chi connectivity index (χ0n) is 11.7. The van der Waals surface area contributed by atoms with E-state index in [2.05, 4.69) is 0 Å². The predicted octanol–water partition coefficient (Wildman–Crippen LogP) is 1.82. The van der Waals surface area contributed by atoms with Gasteiger partial charge >= 0.3 is 0 Å². The maximum Gasteiger partial charge on any atom is 0.198 e. The second kappa shape index (κ2) is 4.34. The number of rotatable bonds is 1. The second-order valence-corrected chi connectivity index (χ2v) is 5.18. The van der Waals surface area contributed by atoms with E-state index in [1.54, 1.807) is 43.3 Å². The average molecular weight is 282 g/mol. The molecule has 0 amide bonds. The number of fused-ring (bicyclic) bond motifs is 2. The molecule has 0 heterocycles. The van der Waals surface area contributed by atoms with E-state index >= 15 is 0 Å². The molecule has 0 spiro atoms. The van der Waals surface area contributed by atoms with Crippen molar-refractivity contribution in [3.63, 3.8) is 0 Å². The number of aromatic hydroxyl groups is 1. The number of nitrogens with two attached hydrogens (primary N) is 1. The molecule has 2 aromatic carbocycles. The number of carbonyl (C=O) groups excluding carboxylic acids is 2. The van der Waals surface area contributed by atoms with Gasteiger partial charge in [-0.2, -0.15) is 0 Å². The lowest BCUT2D eigenvalue weighted by molar-refractivity contribution is 0.0977. The molecule has 0 aliphatic heterocycles. The number of anilines is 2. The molecule has 21 heavy (non-hydrogen) atoms. The number of benzene rings is 2. The van der Waals surface area contributed by atoms with Crippen LogP contribution < -0.4 is 10.6 Å². The summed E-state index contributed by atoms with van der Waals surface area (Å²) in [6.45, 7) is 0. The third kappa shape index (κ3) is 1.71. The van der Waals surface area contributed by atoms with Gasteiger partial charge in [0.05, 0.1) is 22.5 Å².